The third-order valence-corrected chi connectivity index (χ3v) is 13.3. The fraction of sp³-hybridized carbons (Fsp3) is 0.354. The van der Waals surface area contributed by atoms with Crippen molar-refractivity contribution in [2.45, 2.75) is 82.6 Å². The smallest absolute Gasteiger partial charge is 0.263 e. The molecule has 4 aromatic carbocycles. The first-order valence-electron chi connectivity index (χ1n) is 21.2. The van der Waals surface area contributed by atoms with Crippen molar-refractivity contribution in [1.82, 2.24) is 24.2 Å². The van der Waals surface area contributed by atoms with E-state index in [1.165, 1.54) is 6.33 Å². The van der Waals surface area contributed by atoms with Gasteiger partial charge < -0.3 is 38.4 Å². The SMILES string of the molecule is COc1ccc(C(c2ccccc2)(c2ccc(OC)cc2)C(O)[C@H]2O[C@@H](n3cnc4c(NC(=O)COc5ccccc5)ncnc43)C[C@@H]2OP(OCCC#N)N(C(C)C)C(C)C)cc1. The second kappa shape index (κ2) is 21.1. The summed E-state index contributed by atoms with van der Waals surface area (Å²) < 4.78 is 41.4. The second-order valence-electron chi connectivity index (χ2n) is 15.8. The lowest BCUT2D eigenvalue weighted by molar-refractivity contribution is -0.118. The van der Waals surface area contributed by atoms with Gasteiger partial charge in [0.15, 0.2) is 23.6 Å². The Balaban J connectivity index is 1.33. The predicted octanol–water partition coefficient (Wildman–Crippen LogP) is 8.21. The van der Waals surface area contributed by atoms with E-state index in [2.05, 4.69) is 58.7 Å². The van der Waals surface area contributed by atoms with Crippen LogP contribution in [0.4, 0.5) is 5.82 Å². The number of rotatable bonds is 20. The average Bonchev–Trinajstić information content (AvgIpc) is 3.94. The van der Waals surface area contributed by atoms with E-state index < -0.39 is 44.4 Å². The highest BCUT2D eigenvalue weighted by Crippen LogP contribution is 2.53. The summed E-state index contributed by atoms with van der Waals surface area (Å²) >= 11 is 0. The summed E-state index contributed by atoms with van der Waals surface area (Å²) in [6, 6.07) is 36.4. The average molecular weight is 888 g/mol. The van der Waals surface area contributed by atoms with E-state index in [1.807, 2.05) is 97.1 Å². The van der Waals surface area contributed by atoms with Gasteiger partial charge in [-0.25, -0.2) is 19.6 Å². The Bertz CT molecular complexity index is 2410. The molecule has 2 N–H and O–H groups in total. The number of para-hydroxylation sites is 1. The van der Waals surface area contributed by atoms with Gasteiger partial charge in [0.05, 0.1) is 51.2 Å². The number of carbonyl (C=O) groups excluding carboxylic acids is 1. The number of hydrogen-bond acceptors (Lipinski definition) is 13. The number of ether oxygens (including phenoxy) is 4. The van der Waals surface area contributed by atoms with Crippen LogP contribution in [0, 0.1) is 11.3 Å². The third kappa shape index (κ3) is 9.88. The van der Waals surface area contributed by atoms with E-state index in [4.69, 9.17) is 28.0 Å². The molecule has 2 aromatic heterocycles. The fourth-order valence-electron chi connectivity index (χ4n) is 8.28. The Morgan fingerprint density at radius 2 is 1.47 bits per heavy atom. The van der Waals surface area contributed by atoms with Gasteiger partial charge in [0, 0.05) is 18.5 Å². The molecule has 7 rings (SSSR count). The summed E-state index contributed by atoms with van der Waals surface area (Å²) in [6.45, 7) is 8.20. The zero-order chi connectivity index (χ0) is 45.2. The highest BCUT2D eigenvalue weighted by Gasteiger charge is 2.54. The number of amides is 1. The standard InChI is InChI=1S/C48H54N7O8P/c1-32(2)55(33(3)4)64(61-27-13-26-49)63-40-28-42(54-31-52-43-46(50-30-51-47(43)54)53-41(56)29-60-39-16-11-8-12-17-39)62-44(40)45(57)48(34-14-9-7-10-15-34,35-18-22-37(58-5)23-19-35)36-20-24-38(59-6)25-21-36/h7-12,14-25,30-33,40,42,44-45,57H,13,27-29H2,1-6H3,(H,50,51,53,56)/t40-,42+,44-,45?,64?/m0/s1. The zero-order valence-electron chi connectivity index (χ0n) is 36.8. The van der Waals surface area contributed by atoms with Crippen LogP contribution in [0.15, 0.2) is 122 Å². The normalized spacial score (nSPS) is 17.4. The van der Waals surface area contributed by atoms with Crippen LogP contribution in [0.2, 0.25) is 0 Å². The number of hydrogen-bond donors (Lipinski definition) is 2. The maximum Gasteiger partial charge on any atom is 0.263 e. The van der Waals surface area contributed by atoms with Crippen molar-refractivity contribution in [3.05, 3.63) is 139 Å². The molecule has 1 aliphatic heterocycles. The summed E-state index contributed by atoms with van der Waals surface area (Å²) in [5, 5.41) is 25.9. The van der Waals surface area contributed by atoms with Gasteiger partial charge in [0.2, 0.25) is 0 Å². The van der Waals surface area contributed by atoms with Gasteiger partial charge >= 0.3 is 0 Å². The van der Waals surface area contributed by atoms with Crippen LogP contribution in [0.5, 0.6) is 17.2 Å². The molecule has 0 radical (unpaired) electrons. The lowest BCUT2D eigenvalue weighted by Gasteiger charge is -2.44. The van der Waals surface area contributed by atoms with Gasteiger partial charge in [0.25, 0.3) is 14.4 Å². The fourth-order valence-corrected chi connectivity index (χ4v) is 10.0. The second-order valence-corrected chi connectivity index (χ2v) is 17.2. The van der Waals surface area contributed by atoms with Crippen LogP contribution in [0.25, 0.3) is 11.2 Å². The minimum atomic E-state index is -1.79. The topological polar surface area (TPSA) is 175 Å². The lowest BCUT2D eigenvalue weighted by atomic mass is 9.64. The summed E-state index contributed by atoms with van der Waals surface area (Å²) in [5.74, 6) is 1.65. The number of anilines is 1. The van der Waals surface area contributed by atoms with E-state index >= 15 is 0 Å². The molecule has 3 heterocycles. The van der Waals surface area contributed by atoms with Crippen LogP contribution in [0.3, 0.4) is 0 Å². The number of aliphatic hydroxyl groups is 1. The minimum absolute atomic E-state index is 0.0118. The van der Waals surface area contributed by atoms with Gasteiger partial charge in [-0.2, -0.15) is 5.26 Å². The molecule has 64 heavy (non-hydrogen) atoms. The van der Waals surface area contributed by atoms with E-state index in [-0.39, 0.29) is 44.0 Å². The summed E-state index contributed by atoms with van der Waals surface area (Å²) in [6.07, 6.45) is -0.506. The first-order valence-corrected chi connectivity index (χ1v) is 22.3. The number of aromatic nitrogens is 4. The monoisotopic (exact) mass is 887 g/mol. The molecular weight excluding hydrogens is 834 g/mol. The molecule has 0 spiro atoms. The van der Waals surface area contributed by atoms with Gasteiger partial charge in [0.1, 0.15) is 42.0 Å². The number of methoxy groups -OCH3 is 2. The summed E-state index contributed by atoms with van der Waals surface area (Å²) in [5.41, 5.74) is 1.84. The first kappa shape index (κ1) is 46.0. The van der Waals surface area contributed by atoms with Gasteiger partial charge in [-0.1, -0.05) is 72.8 Å². The van der Waals surface area contributed by atoms with Crippen LogP contribution in [0.1, 0.15) is 63.5 Å². The van der Waals surface area contributed by atoms with Crippen molar-refractivity contribution in [3.8, 4) is 23.3 Å². The van der Waals surface area contributed by atoms with Crippen LogP contribution in [-0.2, 0) is 24.0 Å². The minimum Gasteiger partial charge on any atom is -0.497 e. The molecule has 1 saturated heterocycles. The van der Waals surface area contributed by atoms with E-state index in [1.54, 1.807) is 37.2 Å². The molecule has 0 saturated carbocycles. The molecule has 1 amide bonds. The van der Waals surface area contributed by atoms with Crippen LogP contribution < -0.4 is 19.5 Å². The van der Waals surface area contributed by atoms with E-state index in [0.29, 0.717) is 28.4 Å². The Labute approximate surface area is 374 Å². The molecule has 6 aromatic rings. The number of aliphatic hydroxyl groups excluding tert-OH is 1. The largest absolute Gasteiger partial charge is 0.497 e. The van der Waals surface area contributed by atoms with E-state index in [0.717, 1.165) is 16.7 Å². The maximum absolute atomic E-state index is 13.6. The number of imidazole rings is 1. The molecule has 1 fully saturated rings. The molecule has 5 atom stereocenters. The van der Waals surface area contributed by atoms with Crippen LogP contribution in [-0.4, -0.2) is 93.0 Å². The number of benzene rings is 4. The van der Waals surface area contributed by atoms with Crippen LogP contribution >= 0.6 is 8.53 Å². The summed E-state index contributed by atoms with van der Waals surface area (Å²) in [7, 11) is 1.44. The van der Waals surface area contributed by atoms with Crippen molar-refractivity contribution in [1.29, 1.82) is 5.26 Å². The summed E-state index contributed by atoms with van der Waals surface area (Å²) in [4.78, 5) is 26.7. The van der Waals surface area contributed by atoms with Crippen molar-refractivity contribution in [2.75, 3.05) is 32.8 Å². The highest BCUT2D eigenvalue weighted by atomic mass is 31.2. The Hall–Kier alpha value is -5.98. The molecular formula is C48H54N7O8P. The Morgan fingerprint density at radius 3 is 2.05 bits per heavy atom. The van der Waals surface area contributed by atoms with Gasteiger partial charge in [-0.05, 0) is 80.8 Å². The predicted molar refractivity (Wildman–Crippen MR) is 243 cm³/mol. The molecule has 334 valence electrons. The quantitative estimate of drug-likeness (QED) is 0.0427. The molecule has 0 bridgehead atoms. The number of nitrogens with one attached hydrogen (secondary N) is 1. The number of nitrogens with zero attached hydrogens (tertiary/aromatic N) is 6. The van der Waals surface area contributed by atoms with Crippen molar-refractivity contribution in [3.63, 3.8) is 0 Å². The van der Waals surface area contributed by atoms with E-state index in [9.17, 15) is 15.2 Å². The third-order valence-electron chi connectivity index (χ3n) is 11.1. The van der Waals surface area contributed by atoms with Crippen molar-refractivity contribution >= 4 is 31.4 Å². The number of nitriles is 1. The molecule has 2 unspecified atom stereocenters. The van der Waals surface area contributed by atoms with Crippen molar-refractivity contribution < 1.29 is 37.9 Å². The number of fused-ring (bicyclic) bond motifs is 1. The molecule has 1 aliphatic rings. The Kier molecular flexibility index (Phi) is 15.2. The molecule has 16 heteroatoms. The lowest BCUT2D eigenvalue weighted by Crippen LogP contribution is -2.52. The zero-order valence-corrected chi connectivity index (χ0v) is 37.7. The van der Waals surface area contributed by atoms with Gasteiger partial charge in [-0.15, -0.1) is 0 Å². The van der Waals surface area contributed by atoms with Gasteiger partial charge in [-0.3, -0.25) is 9.36 Å². The molecule has 0 aliphatic carbocycles. The molecule has 15 nitrogen and oxygen atoms in total. The maximum atomic E-state index is 13.6. The highest BCUT2D eigenvalue weighted by molar-refractivity contribution is 7.44. The van der Waals surface area contributed by atoms with Crippen molar-refractivity contribution in [2.24, 2.45) is 0 Å². The number of carbonyl (C=O) groups is 1. The Morgan fingerprint density at radius 1 is 0.875 bits per heavy atom. The first-order chi connectivity index (χ1) is 31.1.